The molecule has 0 aliphatic carbocycles. The Morgan fingerprint density at radius 2 is 0.867 bits per heavy atom. The summed E-state index contributed by atoms with van der Waals surface area (Å²) in [6, 6.07) is 33.7. The Labute approximate surface area is 212 Å². The largest absolute Gasteiger partial charge is 4.00 e. The van der Waals surface area contributed by atoms with Crippen molar-refractivity contribution in [2.45, 2.75) is 26.9 Å². The van der Waals surface area contributed by atoms with Gasteiger partial charge in [0.2, 0.25) is 0 Å². The number of aryl methyl sites for hydroxylation is 2. The Morgan fingerprint density at radius 1 is 0.567 bits per heavy atom. The molecule has 4 heteroatoms. The molecule has 30 heavy (non-hydrogen) atoms. The van der Waals surface area contributed by atoms with Crippen LogP contribution in [0.25, 0.3) is 22.3 Å². The molecule has 0 N–H and O–H groups in total. The minimum Gasteiger partial charge on any atom is -1.00 e. The first-order valence-electron chi connectivity index (χ1n) is 9.46. The quantitative estimate of drug-likeness (QED) is 0.295. The average Bonchev–Trinajstić information content (AvgIpc) is 3.32. The predicted octanol–water partition coefficient (Wildman–Crippen LogP) is 1.29. The fourth-order valence-electron chi connectivity index (χ4n) is 2.90. The van der Waals surface area contributed by atoms with Crippen LogP contribution < -0.4 is 24.8 Å². The average molecular weight is 488 g/mol. The van der Waals surface area contributed by atoms with E-state index >= 15 is 0 Å². The molecule has 0 heterocycles. The summed E-state index contributed by atoms with van der Waals surface area (Å²) in [5.41, 5.74) is 7.99. The summed E-state index contributed by atoms with van der Waals surface area (Å²) >= 11 is 0. The minimum atomic E-state index is 0. The maximum Gasteiger partial charge on any atom is 4.00 e. The van der Waals surface area contributed by atoms with Gasteiger partial charge in [0, 0.05) is 9.52 Å². The standard InChI is InChI=1S/2C12H11.C2H7Si.2ClH.Ti/c2*1-10-6-5-9-12(10)11-7-3-2-4-8-11;1-3-2;;;/h2*2-9H,1H3;3H,1-2H3;2*1H;/q2*-1;;;;+4/p-2. The molecule has 0 nitrogen and oxygen atoms in total. The summed E-state index contributed by atoms with van der Waals surface area (Å²) in [5.74, 6) is 0. The molecule has 0 aromatic heterocycles. The van der Waals surface area contributed by atoms with Crippen molar-refractivity contribution in [3.63, 3.8) is 0 Å². The van der Waals surface area contributed by atoms with Gasteiger partial charge in [-0.1, -0.05) is 98.7 Å². The van der Waals surface area contributed by atoms with Crippen LogP contribution in [0.4, 0.5) is 0 Å². The molecule has 0 atom stereocenters. The molecular formula is C26H29Cl2SiTi. The summed E-state index contributed by atoms with van der Waals surface area (Å²) in [7, 11) is 0.750. The molecule has 4 aromatic rings. The Morgan fingerprint density at radius 3 is 1.10 bits per heavy atom. The van der Waals surface area contributed by atoms with Gasteiger partial charge in [0.1, 0.15) is 0 Å². The molecule has 0 aliphatic heterocycles. The van der Waals surface area contributed by atoms with Crippen molar-refractivity contribution in [3.8, 4) is 22.3 Å². The second kappa shape index (κ2) is 17.3. The van der Waals surface area contributed by atoms with Gasteiger partial charge in [0.15, 0.2) is 0 Å². The van der Waals surface area contributed by atoms with Gasteiger partial charge >= 0.3 is 21.7 Å². The van der Waals surface area contributed by atoms with E-state index < -0.39 is 0 Å². The van der Waals surface area contributed by atoms with Gasteiger partial charge in [0.25, 0.3) is 0 Å². The van der Waals surface area contributed by atoms with E-state index in [1.807, 2.05) is 12.1 Å². The van der Waals surface area contributed by atoms with Gasteiger partial charge in [-0.15, -0.1) is 0 Å². The van der Waals surface area contributed by atoms with Crippen LogP contribution in [0.5, 0.6) is 0 Å². The maximum atomic E-state index is 2.21. The number of halogens is 2. The van der Waals surface area contributed by atoms with Gasteiger partial charge < -0.3 is 24.8 Å². The van der Waals surface area contributed by atoms with Crippen molar-refractivity contribution in [1.82, 2.24) is 0 Å². The van der Waals surface area contributed by atoms with E-state index in [9.17, 15) is 0 Å². The van der Waals surface area contributed by atoms with Crippen molar-refractivity contribution in [1.29, 1.82) is 0 Å². The van der Waals surface area contributed by atoms with E-state index in [4.69, 9.17) is 0 Å². The van der Waals surface area contributed by atoms with Crippen LogP contribution in [0.3, 0.4) is 0 Å². The molecule has 4 aromatic carbocycles. The summed E-state index contributed by atoms with van der Waals surface area (Å²) < 4.78 is 0. The molecule has 0 amide bonds. The normalized spacial score (nSPS) is 8.67. The Bertz CT molecular complexity index is 823. The summed E-state index contributed by atoms with van der Waals surface area (Å²) in [6.07, 6.45) is 0. The predicted molar refractivity (Wildman–Crippen MR) is 123 cm³/mol. The topological polar surface area (TPSA) is 0 Å². The fraction of sp³-hybridized carbons (Fsp3) is 0.154. The zero-order valence-electron chi connectivity index (χ0n) is 18.1. The van der Waals surface area contributed by atoms with E-state index in [0.717, 1.165) is 9.52 Å². The molecule has 0 saturated heterocycles. The van der Waals surface area contributed by atoms with Gasteiger partial charge in [-0.3, -0.25) is 0 Å². The third kappa shape index (κ3) is 9.64. The maximum absolute atomic E-state index is 2.21. The van der Waals surface area contributed by atoms with Gasteiger partial charge in [0.05, 0.1) is 0 Å². The van der Waals surface area contributed by atoms with Gasteiger partial charge in [-0.25, -0.2) is 0 Å². The number of hydrogen-bond donors (Lipinski definition) is 0. The number of benzene rings is 2. The second-order valence-electron chi connectivity index (χ2n) is 6.55. The first-order chi connectivity index (χ1) is 13.2. The van der Waals surface area contributed by atoms with Crippen LogP contribution in [0.2, 0.25) is 13.1 Å². The smallest absolute Gasteiger partial charge is 1.00 e. The monoisotopic (exact) mass is 487 g/mol. The number of hydrogen-bond acceptors (Lipinski definition) is 0. The molecule has 155 valence electrons. The van der Waals surface area contributed by atoms with Crippen molar-refractivity contribution in [3.05, 3.63) is 108 Å². The van der Waals surface area contributed by atoms with Crippen LogP contribution in [-0.2, 0) is 21.7 Å². The molecule has 0 aliphatic rings. The first kappa shape index (κ1) is 30.8. The van der Waals surface area contributed by atoms with Crippen LogP contribution >= 0.6 is 0 Å². The van der Waals surface area contributed by atoms with Crippen molar-refractivity contribution >= 4 is 9.52 Å². The van der Waals surface area contributed by atoms with E-state index in [0.29, 0.717) is 0 Å². The zero-order chi connectivity index (χ0) is 19.5. The van der Waals surface area contributed by atoms with E-state index in [-0.39, 0.29) is 46.5 Å². The van der Waals surface area contributed by atoms with Crippen molar-refractivity contribution in [2.75, 3.05) is 0 Å². The molecule has 4 rings (SSSR count). The minimum absolute atomic E-state index is 0. The van der Waals surface area contributed by atoms with Gasteiger partial charge in [-0.05, 0) is 0 Å². The SMILES string of the molecule is C[SiH]C.Cc1c[cH-]cc1-c1ccccc1.Cc1c[cH-]cc1-c1ccccc1.[Cl-].[Cl-].[Ti+4]. The second-order valence-corrected chi connectivity index (χ2v) is 7.71. The zero-order valence-corrected chi connectivity index (χ0v) is 22.3. The van der Waals surface area contributed by atoms with E-state index in [1.165, 1.54) is 33.4 Å². The molecule has 0 bridgehead atoms. The third-order valence-electron chi connectivity index (χ3n) is 4.24. The number of rotatable bonds is 2. The Balaban J connectivity index is 0. The van der Waals surface area contributed by atoms with Crippen LogP contribution in [-0.4, -0.2) is 9.52 Å². The Kier molecular flexibility index (Phi) is 17.8. The van der Waals surface area contributed by atoms with Gasteiger partial charge in [-0.2, -0.15) is 58.7 Å². The first-order valence-corrected chi connectivity index (χ1v) is 11.8. The van der Waals surface area contributed by atoms with Crippen molar-refractivity contribution < 1.29 is 46.5 Å². The third-order valence-corrected chi connectivity index (χ3v) is 4.24. The van der Waals surface area contributed by atoms with Crippen LogP contribution in [0, 0.1) is 13.8 Å². The molecule has 0 saturated carbocycles. The molecule has 1 radical (unpaired) electrons. The molecular weight excluding hydrogens is 459 g/mol. The summed E-state index contributed by atoms with van der Waals surface area (Å²) in [6.45, 7) is 8.70. The van der Waals surface area contributed by atoms with Crippen molar-refractivity contribution in [2.24, 2.45) is 0 Å². The molecule has 0 unspecified atom stereocenters. The summed E-state index contributed by atoms with van der Waals surface area (Å²) in [4.78, 5) is 0. The van der Waals surface area contributed by atoms with E-state index in [1.54, 1.807) is 0 Å². The Hall–Kier alpha value is -1.35. The molecule has 0 spiro atoms. The van der Waals surface area contributed by atoms with E-state index in [2.05, 4.69) is 112 Å². The van der Waals surface area contributed by atoms with Crippen LogP contribution in [0.1, 0.15) is 11.1 Å². The van der Waals surface area contributed by atoms with Crippen LogP contribution in [0.15, 0.2) is 97.1 Å². The summed E-state index contributed by atoms with van der Waals surface area (Å²) in [5, 5.41) is 0. The fourth-order valence-corrected chi connectivity index (χ4v) is 2.90. The molecule has 0 fully saturated rings.